The van der Waals surface area contributed by atoms with E-state index in [1.165, 1.54) is 6.92 Å². The Hall–Kier alpha value is -3.12. The molecule has 206 valence electrons. The number of hydrazine groups is 2. The summed E-state index contributed by atoms with van der Waals surface area (Å²) in [5.41, 5.74) is 0.466. The lowest BCUT2D eigenvalue weighted by molar-refractivity contribution is -0.355. The molecule has 0 spiro atoms. The minimum atomic E-state index is -5.10. The van der Waals surface area contributed by atoms with Crippen LogP contribution in [-0.4, -0.2) is 70.6 Å². The van der Waals surface area contributed by atoms with Gasteiger partial charge in [-0.2, -0.15) is 18.2 Å². The number of nitrogens with one attached hydrogen (secondary N) is 1. The van der Waals surface area contributed by atoms with E-state index in [0.717, 1.165) is 17.1 Å². The van der Waals surface area contributed by atoms with Gasteiger partial charge in [-0.3, -0.25) is 10.0 Å². The van der Waals surface area contributed by atoms with E-state index in [9.17, 15) is 41.1 Å². The molecule has 1 fully saturated rings. The third kappa shape index (κ3) is 7.01. The molecular weight excluding hydrogens is 524 g/mol. The van der Waals surface area contributed by atoms with E-state index in [2.05, 4.69) is 14.3 Å². The maximum atomic E-state index is 13.7. The van der Waals surface area contributed by atoms with Gasteiger partial charge in [0.15, 0.2) is 0 Å². The molecule has 3 rings (SSSR count). The van der Waals surface area contributed by atoms with Crippen molar-refractivity contribution in [2.75, 3.05) is 13.3 Å². The van der Waals surface area contributed by atoms with Crippen LogP contribution in [0.15, 0.2) is 17.7 Å². The van der Waals surface area contributed by atoms with Gasteiger partial charge in [0.1, 0.15) is 17.5 Å². The zero-order valence-electron chi connectivity index (χ0n) is 18.9. The van der Waals surface area contributed by atoms with E-state index in [1.54, 1.807) is 0 Å². The van der Waals surface area contributed by atoms with Crippen LogP contribution in [0, 0.1) is 0 Å². The van der Waals surface area contributed by atoms with Gasteiger partial charge in [-0.25, -0.2) is 9.63 Å². The fourth-order valence-electron chi connectivity index (χ4n) is 3.75. The molecule has 37 heavy (non-hydrogen) atoms. The number of hydrogen-bond donors (Lipinski definition) is 3. The van der Waals surface area contributed by atoms with Crippen molar-refractivity contribution >= 4 is 18.0 Å². The zero-order valence-corrected chi connectivity index (χ0v) is 18.9. The topological polar surface area (TPSA) is 130 Å². The highest BCUT2D eigenvalue weighted by Gasteiger charge is 2.49. The molecule has 0 aliphatic carbocycles. The highest BCUT2D eigenvalue weighted by molar-refractivity contribution is 5.96. The molecule has 0 bridgehead atoms. The Morgan fingerprint density at radius 3 is 2.54 bits per heavy atom. The number of alkyl halides is 6. The molecule has 1 aromatic carbocycles. The van der Waals surface area contributed by atoms with Crippen LogP contribution >= 0.6 is 0 Å². The molecule has 0 unspecified atom stereocenters. The lowest BCUT2D eigenvalue weighted by Gasteiger charge is -2.30. The number of halogens is 6. The Kier molecular flexibility index (Phi) is 8.53. The van der Waals surface area contributed by atoms with Gasteiger partial charge in [-0.15, -0.1) is 13.2 Å². The Morgan fingerprint density at radius 2 is 1.95 bits per heavy atom. The van der Waals surface area contributed by atoms with Crippen molar-refractivity contribution in [3.8, 4) is 11.5 Å². The number of benzene rings is 1. The Balaban J connectivity index is 1.73. The number of rotatable bonds is 9. The third-order valence-electron chi connectivity index (χ3n) is 5.29. The van der Waals surface area contributed by atoms with Crippen LogP contribution in [0.5, 0.6) is 11.5 Å². The summed E-state index contributed by atoms with van der Waals surface area (Å²) < 4.78 is 92.4. The number of ether oxygens (including phenoxy) is 3. The second-order valence-electron chi connectivity index (χ2n) is 7.78. The average Bonchev–Trinajstić information content (AvgIpc) is 3.29. The van der Waals surface area contributed by atoms with Gasteiger partial charge in [0.05, 0.1) is 5.57 Å². The largest absolute Gasteiger partial charge is 0.573 e. The molecular formula is C20H21F6N3O8. The maximum Gasteiger partial charge on any atom is 0.573 e. The molecule has 3 N–H and O–H groups in total. The standard InChI is InChI=1S/C20H21F6N3O8/c1-2-10-6-12(37-20(24,25)26)7-11-8-13(16(19(21,22)23)36-15(10)11)18(32)34-9-35-27-29(33)28-5-3-4-14(28)17(30)31/h6-8,14,16,27,33H,2-5,9H2,1H3,(H,30,31)/t14-,16-/m0/s1. The predicted molar refractivity (Wildman–Crippen MR) is 107 cm³/mol. The Labute approximate surface area is 204 Å². The predicted octanol–water partition coefficient (Wildman–Crippen LogP) is 2.95. The Bertz CT molecular complexity index is 1050. The van der Waals surface area contributed by atoms with E-state index in [0.29, 0.717) is 12.5 Å². The number of carbonyl (C=O) groups excluding carboxylic acids is 1. The fraction of sp³-hybridized carbons (Fsp3) is 0.500. The lowest BCUT2D eigenvalue weighted by atomic mass is 9.97. The summed E-state index contributed by atoms with van der Waals surface area (Å²) >= 11 is 0. The molecule has 1 saturated heterocycles. The maximum absolute atomic E-state index is 13.7. The first kappa shape index (κ1) is 28.5. The van der Waals surface area contributed by atoms with Crippen molar-refractivity contribution in [1.82, 2.24) is 15.9 Å². The first-order valence-electron chi connectivity index (χ1n) is 10.6. The van der Waals surface area contributed by atoms with Crippen LogP contribution in [0.3, 0.4) is 0 Å². The average molecular weight is 545 g/mol. The number of carboxylic acids is 1. The molecule has 0 aromatic heterocycles. The second-order valence-corrected chi connectivity index (χ2v) is 7.78. The van der Waals surface area contributed by atoms with E-state index in [1.807, 2.05) is 5.59 Å². The smallest absolute Gasteiger partial charge is 0.480 e. The van der Waals surface area contributed by atoms with Crippen molar-refractivity contribution < 1.29 is 65.3 Å². The first-order valence-corrected chi connectivity index (χ1v) is 10.6. The van der Waals surface area contributed by atoms with Gasteiger partial charge in [-0.1, -0.05) is 12.5 Å². The number of aryl methyl sites for hydroxylation is 1. The number of aliphatic carboxylic acids is 1. The number of carbonyl (C=O) groups is 2. The molecule has 0 radical (unpaired) electrons. The van der Waals surface area contributed by atoms with Crippen LogP contribution in [0.1, 0.15) is 30.9 Å². The monoisotopic (exact) mass is 545 g/mol. The summed E-state index contributed by atoms with van der Waals surface area (Å²) in [4.78, 5) is 28.2. The molecule has 0 amide bonds. The second kappa shape index (κ2) is 11.1. The fourth-order valence-corrected chi connectivity index (χ4v) is 3.75. The van der Waals surface area contributed by atoms with Crippen molar-refractivity contribution in [2.24, 2.45) is 0 Å². The third-order valence-corrected chi connectivity index (χ3v) is 5.29. The molecule has 2 atom stereocenters. The van der Waals surface area contributed by atoms with Crippen molar-refractivity contribution in [3.05, 3.63) is 28.8 Å². The summed E-state index contributed by atoms with van der Waals surface area (Å²) in [5, 5.41) is 20.1. The molecule has 2 heterocycles. The quantitative estimate of drug-likeness (QED) is 0.139. The molecule has 0 saturated carbocycles. The first-order chi connectivity index (χ1) is 17.2. The van der Waals surface area contributed by atoms with Crippen LogP contribution < -0.4 is 15.1 Å². The summed E-state index contributed by atoms with van der Waals surface area (Å²) in [6.07, 6.45) is -11.6. The summed E-state index contributed by atoms with van der Waals surface area (Å²) in [6, 6.07) is 0.574. The van der Waals surface area contributed by atoms with E-state index >= 15 is 0 Å². The number of carboxylic acid groups (broad SMARTS) is 1. The van der Waals surface area contributed by atoms with Crippen LogP contribution in [0.2, 0.25) is 0 Å². The Morgan fingerprint density at radius 1 is 1.24 bits per heavy atom. The summed E-state index contributed by atoms with van der Waals surface area (Å²) in [5.74, 6) is -3.90. The highest BCUT2D eigenvalue weighted by Crippen LogP contribution is 2.42. The van der Waals surface area contributed by atoms with Crippen LogP contribution in [0.4, 0.5) is 26.3 Å². The highest BCUT2D eigenvalue weighted by atomic mass is 19.4. The molecule has 2 aliphatic heterocycles. The minimum Gasteiger partial charge on any atom is -0.480 e. The number of esters is 1. The molecule has 17 heteroatoms. The van der Waals surface area contributed by atoms with Gasteiger partial charge < -0.3 is 19.3 Å². The normalized spacial score (nSPS) is 20.3. The molecule has 1 aromatic rings. The van der Waals surface area contributed by atoms with Gasteiger partial charge in [0.2, 0.25) is 12.9 Å². The number of hydrogen-bond acceptors (Lipinski definition) is 10. The van der Waals surface area contributed by atoms with E-state index in [4.69, 9.17) is 9.84 Å². The van der Waals surface area contributed by atoms with Crippen molar-refractivity contribution in [3.63, 3.8) is 0 Å². The summed E-state index contributed by atoms with van der Waals surface area (Å²) in [6.45, 7) is 0.565. The van der Waals surface area contributed by atoms with E-state index < -0.39 is 54.7 Å². The summed E-state index contributed by atoms with van der Waals surface area (Å²) in [7, 11) is 0. The number of fused-ring (bicyclic) bond motifs is 1. The van der Waals surface area contributed by atoms with Crippen molar-refractivity contribution in [1.29, 1.82) is 0 Å². The van der Waals surface area contributed by atoms with Gasteiger partial charge >= 0.3 is 24.5 Å². The van der Waals surface area contributed by atoms with E-state index in [-0.39, 0.29) is 41.5 Å². The van der Waals surface area contributed by atoms with Gasteiger partial charge in [-0.05, 0) is 48.3 Å². The number of nitrogens with zero attached hydrogens (tertiary/aromatic N) is 2. The van der Waals surface area contributed by atoms with Crippen LogP contribution in [0.25, 0.3) is 6.08 Å². The minimum absolute atomic E-state index is 0.00743. The van der Waals surface area contributed by atoms with Gasteiger partial charge in [0.25, 0.3) is 0 Å². The SMILES string of the molecule is CCc1cc(OC(F)(F)F)cc2c1O[C@H](C(F)(F)F)C(C(=O)OCONN(O)N1CCC[C@H]1C(=O)O)=C2. The zero-order chi connectivity index (χ0) is 27.5. The van der Waals surface area contributed by atoms with Gasteiger partial charge in [0, 0.05) is 12.1 Å². The molecule has 2 aliphatic rings. The van der Waals surface area contributed by atoms with Crippen molar-refractivity contribution in [2.45, 2.75) is 50.9 Å². The lowest BCUT2D eigenvalue weighted by Crippen LogP contribution is -2.53. The molecule has 11 nitrogen and oxygen atoms in total. The van der Waals surface area contributed by atoms with Crippen LogP contribution in [-0.2, 0) is 25.6 Å².